The normalized spacial score (nSPS) is 13.1. The van der Waals surface area contributed by atoms with Gasteiger partial charge < -0.3 is 10.3 Å². The number of benzene rings is 1. The number of pyridine rings is 1. The first-order valence-electron chi connectivity index (χ1n) is 9.92. The molecule has 182 valence electrons. The van der Waals surface area contributed by atoms with Gasteiger partial charge in [0.05, 0.1) is 28.4 Å². The van der Waals surface area contributed by atoms with E-state index in [4.69, 9.17) is 10.3 Å². The Morgan fingerprint density at radius 2 is 1.77 bits per heavy atom. The summed E-state index contributed by atoms with van der Waals surface area (Å²) in [6, 6.07) is 6.56. The number of primary amides is 1. The summed E-state index contributed by atoms with van der Waals surface area (Å²) in [6.45, 7) is 1.34. The third kappa shape index (κ3) is 4.61. The summed E-state index contributed by atoms with van der Waals surface area (Å²) in [5, 5.41) is 7.91. The van der Waals surface area contributed by atoms with Crippen molar-refractivity contribution in [1.82, 2.24) is 19.9 Å². The standard InChI is InChI=1S/C22H15F6N5O2/c1-11(13-6-5-12(21(23,24)25)10-14(13)22(26,27)28)33-9-7-15(31-33)17-18(20(29)34)32-35-19(17)16-4-2-3-8-30-16/h2-11H,1H3,(H2,29,34). The molecule has 0 radical (unpaired) electrons. The van der Waals surface area contributed by atoms with E-state index in [9.17, 15) is 31.1 Å². The number of nitrogens with two attached hydrogens (primary N) is 1. The fraction of sp³-hybridized carbons (Fsp3) is 0.182. The van der Waals surface area contributed by atoms with Crippen LogP contribution in [-0.2, 0) is 12.4 Å². The highest BCUT2D eigenvalue weighted by Crippen LogP contribution is 2.40. The van der Waals surface area contributed by atoms with Crippen LogP contribution in [0, 0.1) is 0 Å². The summed E-state index contributed by atoms with van der Waals surface area (Å²) in [7, 11) is 0. The number of aromatic nitrogens is 4. The Bertz CT molecular complexity index is 1380. The van der Waals surface area contributed by atoms with E-state index >= 15 is 0 Å². The fourth-order valence-electron chi connectivity index (χ4n) is 3.54. The van der Waals surface area contributed by atoms with Gasteiger partial charge in [0, 0.05) is 12.4 Å². The van der Waals surface area contributed by atoms with Crippen molar-refractivity contribution in [2.45, 2.75) is 25.3 Å². The molecule has 0 aliphatic carbocycles. The Kier molecular flexibility index (Phi) is 5.87. The van der Waals surface area contributed by atoms with E-state index in [-0.39, 0.29) is 28.8 Å². The molecule has 4 rings (SSSR count). The van der Waals surface area contributed by atoms with Crippen LogP contribution in [0.15, 0.2) is 59.4 Å². The van der Waals surface area contributed by atoms with Crippen molar-refractivity contribution in [1.29, 1.82) is 0 Å². The van der Waals surface area contributed by atoms with Gasteiger partial charge in [0.15, 0.2) is 11.5 Å². The molecule has 7 nitrogen and oxygen atoms in total. The quantitative estimate of drug-likeness (QED) is 0.377. The van der Waals surface area contributed by atoms with E-state index in [0.29, 0.717) is 11.8 Å². The molecule has 0 fully saturated rings. The van der Waals surface area contributed by atoms with Crippen molar-refractivity contribution in [2.75, 3.05) is 0 Å². The third-order valence-electron chi connectivity index (χ3n) is 5.22. The van der Waals surface area contributed by atoms with Crippen molar-refractivity contribution in [2.24, 2.45) is 5.73 Å². The SMILES string of the molecule is CC(c1ccc(C(F)(F)F)cc1C(F)(F)F)n1ccc(-c2c(C(N)=O)noc2-c2ccccn2)n1. The number of carbonyl (C=O) groups is 1. The van der Waals surface area contributed by atoms with Crippen LogP contribution < -0.4 is 5.73 Å². The summed E-state index contributed by atoms with van der Waals surface area (Å²) in [5.74, 6) is -0.876. The lowest BCUT2D eigenvalue weighted by molar-refractivity contribution is -0.143. The summed E-state index contributed by atoms with van der Waals surface area (Å²) >= 11 is 0. The first-order valence-corrected chi connectivity index (χ1v) is 9.92. The number of halogens is 6. The van der Waals surface area contributed by atoms with Crippen LogP contribution in [0.1, 0.15) is 40.1 Å². The van der Waals surface area contributed by atoms with Gasteiger partial charge in [-0.05, 0) is 42.8 Å². The minimum Gasteiger partial charge on any atom is -0.364 e. The summed E-state index contributed by atoms with van der Waals surface area (Å²) in [5.41, 5.74) is 2.30. The molecule has 35 heavy (non-hydrogen) atoms. The number of amides is 1. The molecule has 0 aliphatic rings. The van der Waals surface area contributed by atoms with Gasteiger partial charge in [0.2, 0.25) is 0 Å². The maximum absolute atomic E-state index is 13.6. The number of alkyl halides is 6. The highest BCUT2D eigenvalue weighted by Gasteiger charge is 2.39. The van der Waals surface area contributed by atoms with Crippen molar-refractivity contribution >= 4 is 5.91 Å². The predicted octanol–water partition coefficient (Wildman–Crippen LogP) is 5.35. The third-order valence-corrected chi connectivity index (χ3v) is 5.22. The van der Waals surface area contributed by atoms with Gasteiger partial charge in [-0.25, -0.2) is 0 Å². The van der Waals surface area contributed by atoms with Crippen molar-refractivity contribution < 1.29 is 35.7 Å². The van der Waals surface area contributed by atoms with Crippen LogP contribution in [0.5, 0.6) is 0 Å². The lowest BCUT2D eigenvalue weighted by atomic mass is 9.98. The maximum atomic E-state index is 13.6. The Morgan fingerprint density at radius 1 is 1.03 bits per heavy atom. The Balaban J connectivity index is 1.80. The predicted molar refractivity (Wildman–Crippen MR) is 110 cm³/mol. The van der Waals surface area contributed by atoms with Gasteiger partial charge in [-0.3, -0.25) is 14.5 Å². The highest BCUT2D eigenvalue weighted by atomic mass is 19.4. The molecule has 2 N–H and O–H groups in total. The number of carbonyl (C=O) groups excluding carboxylic acids is 1. The molecule has 13 heteroatoms. The smallest absolute Gasteiger partial charge is 0.364 e. The second kappa shape index (κ2) is 8.56. The minimum absolute atomic E-state index is 0.0582. The van der Waals surface area contributed by atoms with Crippen LogP contribution in [0.2, 0.25) is 0 Å². The van der Waals surface area contributed by atoms with Crippen LogP contribution in [0.3, 0.4) is 0 Å². The average molecular weight is 495 g/mol. The number of nitrogens with zero attached hydrogens (tertiary/aromatic N) is 4. The largest absolute Gasteiger partial charge is 0.416 e. The molecular formula is C22H15F6N5O2. The molecule has 0 saturated heterocycles. The first kappa shape index (κ1) is 24.0. The van der Waals surface area contributed by atoms with Gasteiger partial charge in [-0.15, -0.1) is 0 Å². The molecule has 1 aromatic carbocycles. The minimum atomic E-state index is -5.04. The van der Waals surface area contributed by atoms with Gasteiger partial charge in [-0.1, -0.05) is 17.3 Å². The van der Waals surface area contributed by atoms with Crippen LogP contribution in [0.25, 0.3) is 22.7 Å². The monoisotopic (exact) mass is 495 g/mol. The zero-order valence-corrected chi connectivity index (χ0v) is 17.7. The molecule has 1 atom stereocenters. The van der Waals surface area contributed by atoms with Crippen LogP contribution in [0.4, 0.5) is 26.3 Å². The summed E-state index contributed by atoms with van der Waals surface area (Å²) in [6.07, 6.45) is -7.20. The van der Waals surface area contributed by atoms with Gasteiger partial charge in [0.25, 0.3) is 5.91 Å². The molecule has 3 heterocycles. The molecule has 4 aromatic rings. The van der Waals surface area contributed by atoms with E-state index in [0.717, 1.165) is 10.7 Å². The topological polar surface area (TPSA) is 99.8 Å². The first-order chi connectivity index (χ1) is 16.4. The molecule has 3 aromatic heterocycles. The van der Waals surface area contributed by atoms with E-state index < -0.39 is 41.0 Å². The Labute approximate surface area is 193 Å². The van der Waals surface area contributed by atoms with E-state index in [1.807, 2.05) is 0 Å². The number of hydrogen-bond donors (Lipinski definition) is 1. The van der Waals surface area contributed by atoms with Gasteiger partial charge in [-0.2, -0.15) is 31.4 Å². The van der Waals surface area contributed by atoms with E-state index in [1.165, 1.54) is 25.4 Å². The molecular weight excluding hydrogens is 480 g/mol. The summed E-state index contributed by atoms with van der Waals surface area (Å²) in [4.78, 5) is 16.0. The average Bonchev–Trinajstić information content (AvgIpc) is 3.45. The highest BCUT2D eigenvalue weighted by molar-refractivity contribution is 6.00. The Morgan fingerprint density at radius 3 is 2.37 bits per heavy atom. The molecule has 0 aliphatic heterocycles. The molecule has 0 saturated carbocycles. The molecule has 0 bridgehead atoms. The molecule has 0 spiro atoms. The van der Waals surface area contributed by atoms with Crippen molar-refractivity contribution in [3.63, 3.8) is 0 Å². The second-order valence-electron chi connectivity index (χ2n) is 7.47. The van der Waals surface area contributed by atoms with Crippen molar-refractivity contribution in [3.05, 3.63) is 77.2 Å². The molecule has 1 amide bonds. The fourth-order valence-corrected chi connectivity index (χ4v) is 3.54. The zero-order valence-electron chi connectivity index (χ0n) is 17.7. The molecule has 1 unspecified atom stereocenters. The van der Waals surface area contributed by atoms with E-state index in [1.54, 1.807) is 18.2 Å². The Hall–Kier alpha value is -4.16. The lowest BCUT2D eigenvalue weighted by Gasteiger charge is -2.20. The van der Waals surface area contributed by atoms with Gasteiger partial charge in [0.1, 0.15) is 5.69 Å². The number of hydrogen-bond acceptors (Lipinski definition) is 5. The van der Waals surface area contributed by atoms with E-state index in [2.05, 4.69) is 15.2 Å². The lowest BCUT2D eigenvalue weighted by Crippen LogP contribution is -2.18. The summed E-state index contributed by atoms with van der Waals surface area (Å²) < 4.78 is 86.3. The van der Waals surface area contributed by atoms with Crippen molar-refractivity contribution in [3.8, 4) is 22.7 Å². The van der Waals surface area contributed by atoms with Crippen LogP contribution in [-0.4, -0.2) is 25.8 Å². The van der Waals surface area contributed by atoms with Gasteiger partial charge >= 0.3 is 12.4 Å². The number of rotatable bonds is 5. The van der Waals surface area contributed by atoms with Crippen LogP contribution >= 0.6 is 0 Å². The maximum Gasteiger partial charge on any atom is 0.416 e. The zero-order chi connectivity index (χ0) is 25.5. The second-order valence-corrected chi connectivity index (χ2v) is 7.47.